The Morgan fingerprint density at radius 1 is 1.04 bits per heavy atom. The van der Waals surface area contributed by atoms with Crippen molar-refractivity contribution in [3.8, 4) is 0 Å². The molecular weight excluding hydrogens is 406 g/mol. The minimum atomic E-state index is -1.85. The molecule has 0 fully saturated rings. The number of Topliss-reactive ketones (excluding diaryl/α,β-unsaturated/α-hetero) is 1. The van der Waals surface area contributed by atoms with E-state index in [0.29, 0.717) is 16.8 Å². The smallest absolute Gasteiger partial charge is 0.263 e. The lowest BCUT2D eigenvalue weighted by molar-refractivity contribution is -0.135. The van der Waals surface area contributed by atoms with Gasteiger partial charge in [0.1, 0.15) is 0 Å². The molecule has 3 rings (SSSR count). The number of fused-ring (bicyclic) bond motifs is 1. The maximum atomic E-state index is 13.3. The molecule has 1 atom stereocenters. The van der Waals surface area contributed by atoms with Crippen LogP contribution in [0.1, 0.15) is 50.2 Å². The number of carbonyl (C=O) groups excluding carboxylic acids is 2. The maximum absolute atomic E-state index is 13.3. The van der Waals surface area contributed by atoms with Gasteiger partial charge in [0, 0.05) is 22.6 Å². The van der Waals surface area contributed by atoms with E-state index in [-0.39, 0.29) is 12.2 Å². The first-order chi connectivity index (χ1) is 12.5. The van der Waals surface area contributed by atoms with Gasteiger partial charge < -0.3 is 10.0 Å². The maximum Gasteiger partial charge on any atom is 0.263 e. The van der Waals surface area contributed by atoms with Crippen LogP contribution in [-0.4, -0.2) is 23.8 Å². The van der Waals surface area contributed by atoms with Gasteiger partial charge >= 0.3 is 0 Å². The van der Waals surface area contributed by atoms with E-state index in [1.807, 2.05) is 33.8 Å². The second kappa shape index (κ2) is 6.57. The molecule has 1 heterocycles. The molecule has 1 aliphatic heterocycles. The third-order valence-corrected chi connectivity index (χ3v) is 6.61. The van der Waals surface area contributed by atoms with Crippen LogP contribution in [0.4, 0.5) is 5.69 Å². The van der Waals surface area contributed by atoms with Crippen LogP contribution in [0.25, 0.3) is 0 Å². The van der Waals surface area contributed by atoms with Crippen molar-refractivity contribution in [2.45, 2.75) is 46.6 Å². The molecule has 0 unspecified atom stereocenters. The normalized spacial score (nSPS) is 18.8. The number of rotatable bonds is 3. The summed E-state index contributed by atoms with van der Waals surface area (Å²) in [7, 11) is 1.62. The van der Waals surface area contributed by atoms with E-state index in [9.17, 15) is 14.7 Å². The molecule has 0 aromatic heterocycles. The van der Waals surface area contributed by atoms with Crippen molar-refractivity contribution in [2.75, 3.05) is 11.9 Å². The largest absolute Gasteiger partial charge is 0.375 e. The second-order valence-electron chi connectivity index (χ2n) is 7.49. The van der Waals surface area contributed by atoms with Crippen LogP contribution in [0.3, 0.4) is 0 Å². The first-order valence-electron chi connectivity index (χ1n) is 8.91. The Balaban J connectivity index is 2.11. The monoisotopic (exact) mass is 429 g/mol. The third kappa shape index (κ3) is 2.84. The van der Waals surface area contributed by atoms with Crippen LogP contribution in [0.15, 0.2) is 22.7 Å². The number of benzene rings is 2. The number of hydrogen-bond donors (Lipinski definition) is 1. The van der Waals surface area contributed by atoms with Crippen molar-refractivity contribution in [3.05, 3.63) is 61.6 Å². The molecule has 0 bridgehead atoms. The van der Waals surface area contributed by atoms with E-state index < -0.39 is 11.5 Å². The van der Waals surface area contributed by atoms with Gasteiger partial charge in [-0.25, -0.2) is 0 Å². The summed E-state index contributed by atoms with van der Waals surface area (Å²) in [5.41, 5.74) is 5.01. The zero-order valence-corrected chi connectivity index (χ0v) is 18.1. The fourth-order valence-corrected chi connectivity index (χ4v) is 4.40. The molecule has 0 spiro atoms. The van der Waals surface area contributed by atoms with E-state index in [1.54, 1.807) is 19.2 Å². The molecule has 0 radical (unpaired) electrons. The van der Waals surface area contributed by atoms with E-state index in [1.165, 1.54) is 10.5 Å². The van der Waals surface area contributed by atoms with Crippen LogP contribution in [0.2, 0.25) is 0 Å². The molecule has 2 aromatic carbocycles. The van der Waals surface area contributed by atoms with Gasteiger partial charge in [0.2, 0.25) is 0 Å². The Hall–Kier alpha value is -1.98. The fraction of sp³-hybridized carbons (Fsp3) is 0.364. The molecule has 4 nitrogen and oxygen atoms in total. The topological polar surface area (TPSA) is 57.6 Å². The molecule has 0 saturated heterocycles. The second-order valence-corrected chi connectivity index (χ2v) is 8.40. The molecule has 1 amide bonds. The number of hydrogen-bond acceptors (Lipinski definition) is 3. The fourth-order valence-electron chi connectivity index (χ4n) is 4.04. The number of anilines is 1. The van der Waals surface area contributed by atoms with E-state index >= 15 is 0 Å². The minimum absolute atomic E-state index is 0.215. The lowest BCUT2D eigenvalue weighted by Crippen LogP contribution is -2.40. The summed E-state index contributed by atoms with van der Waals surface area (Å²) in [6, 6.07) is 5.31. The summed E-state index contributed by atoms with van der Waals surface area (Å²) >= 11 is 3.39. The molecular formula is C22H24BrNO3. The standard InChI is InChI=1S/C22H24BrNO3/c1-11-12(2)14(4)20(15(5)13(11)3)19(25)10-22(27)17-9-16(23)7-8-18(17)24(6)21(22)26/h7-9,27H,10H2,1-6H3/t22-/m1/s1. The van der Waals surface area contributed by atoms with Gasteiger partial charge in [0.05, 0.1) is 12.1 Å². The Morgan fingerprint density at radius 2 is 1.56 bits per heavy atom. The lowest BCUT2D eigenvalue weighted by Gasteiger charge is -2.24. The van der Waals surface area contributed by atoms with Crippen LogP contribution in [0, 0.1) is 34.6 Å². The molecule has 1 N–H and O–H groups in total. The van der Waals surface area contributed by atoms with Crippen molar-refractivity contribution in [2.24, 2.45) is 0 Å². The van der Waals surface area contributed by atoms with Gasteiger partial charge in [-0.15, -0.1) is 0 Å². The molecule has 27 heavy (non-hydrogen) atoms. The van der Waals surface area contributed by atoms with Crippen LogP contribution in [-0.2, 0) is 10.4 Å². The first-order valence-corrected chi connectivity index (χ1v) is 9.70. The zero-order valence-electron chi connectivity index (χ0n) is 16.5. The summed E-state index contributed by atoms with van der Waals surface area (Å²) in [6.07, 6.45) is -0.275. The highest BCUT2D eigenvalue weighted by molar-refractivity contribution is 9.10. The van der Waals surface area contributed by atoms with E-state index in [0.717, 1.165) is 26.7 Å². The third-order valence-electron chi connectivity index (χ3n) is 6.12. The quantitative estimate of drug-likeness (QED) is 0.734. The van der Waals surface area contributed by atoms with Crippen molar-refractivity contribution >= 4 is 33.3 Å². The average molecular weight is 430 g/mol. The predicted octanol–water partition coefficient (Wildman–Crippen LogP) is 4.43. The van der Waals surface area contributed by atoms with Gasteiger partial charge in [0.25, 0.3) is 5.91 Å². The van der Waals surface area contributed by atoms with E-state index in [4.69, 9.17) is 0 Å². The number of amides is 1. The summed E-state index contributed by atoms with van der Waals surface area (Å²) in [6.45, 7) is 9.92. The van der Waals surface area contributed by atoms with Gasteiger partial charge in [-0.1, -0.05) is 15.9 Å². The predicted molar refractivity (Wildman–Crippen MR) is 111 cm³/mol. The van der Waals surface area contributed by atoms with Crippen molar-refractivity contribution in [1.29, 1.82) is 0 Å². The van der Waals surface area contributed by atoms with Crippen LogP contribution in [0.5, 0.6) is 0 Å². The number of carbonyl (C=O) groups is 2. The molecule has 0 saturated carbocycles. The zero-order chi connectivity index (χ0) is 20.3. The molecule has 0 aliphatic carbocycles. The molecule has 5 heteroatoms. The van der Waals surface area contributed by atoms with Gasteiger partial charge in [-0.3, -0.25) is 9.59 Å². The Morgan fingerprint density at radius 3 is 2.11 bits per heavy atom. The molecule has 2 aromatic rings. The number of halogens is 1. The van der Waals surface area contributed by atoms with E-state index in [2.05, 4.69) is 22.9 Å². The highest BCUT2D eigenvalue weighted by atomic mass is 79.9. The number of ketones is 1. The van der Waals surface area contributed by atoms with Crippen molar-refractivity contribution < 1.29 is 14.7 Å². The lowest BCUT2D eigenvalue weighted by atomic mass is 9.82. The number of aliphatic hydroxyl groups is 1. The number of nitrogens with zero attached hydrogens (tertiary/aromatic N) is 1. The summed E-state index contributed by atoms with van der Waals surface area (Å²) < 4.78 is 0.754. The molecule has 1 aliphatic rings. The van der Waals surface area contributed by atoms with Gasteiger partial charge in [-0.05, 0) is 80.6 Å². The van der Waals surface area contributed by atoms with Crippen molar-refractivity contribution in [1.82, 2.24) is 0 Å². The highest BCUT2D eigenvalue weighted by Crippen LogP contribution is 2.43. The highest BCUT2D eigenvalue weighted by Gasteiger charge is 2.50. The van der Waals surface area contributed by atoms with Gasteiger partial charge in [0.15, 0.2) is 11.4 Å². The Labute approximate surface area is 168 Å². The summed E-state index contributed by atoms with van der Waals surface area (Å²) in [5, 5.41) is 11.3. The van der Waals surface area contributed by atoms with Crippen molar-refractivity contribution in [3.63, 3.8) is 0 Å². The van der Waals surface area contributed by atoms with Crippen LogP contribution < -0.4 is 4.90 Å². The SMILES string of the molecule is Cc1c(C)c(C)c(C(=O)C[C@]2(O)C(=O)N(C)c3ccc(Br)cc32)c(C)c1C. The Kier molecular flexibility index (Phi) is 4.81. The van der Waals surface area contributed by atoms with Gasteiger partial charge in [-0.2, -0.15) is 0 Å². The first kappa shape index (κ1) is 19.8. The molecule has 142 valence electrons. The summed E-state index contributed by atoms with van der Waals surface area (Å²) in [4.78, 5) is 27.5. The average Bonchev–Trinajstić information content (AvgIpc) is 2.79. The number of likely N-dealkylation sites (N-methyl/N-ethyl adjacent to an activating group) is 1. The Bertz CT molecular complexity index is 967. The van der Waals surface area contributed by atoms with Crippen LogP contribution >= 0.6 is 15.9 Å². The minimum Gasteiger partial charge on any atom is -0.375 e. The summed E-state index contributed by atoms with van der Waals surface area (Å²) in [5.74, 6) is -0.687.